The maximum atomic E-state index is 11.6. The van der Waals surface area contributed by atoms with Crippen LogP contribution in [0, 0.1) is 0 Å². The summed E-state index contributed by atoms with van der Waals surface area (Å²) in [5, 5.41) is 9.55. The minimum Gasteiger partial charge on any atom is -0.503 e. The zero-order valence-corrected chi connectivity index (χ0v) is 12.2. The largest absolute Gasteiger partial charge is 0.503 e. The van der Waals surface area contributed by atoms with Crippen LogP contribution >= 0.6 is 0 Å². The van der Waals surface area contributed by atoms with E-state index in [0.717, 1.165) is 12.2 Å². The van der Waals surface area contributed by atoms with Crippen LogP contribution in [0.25, 0.3) is 0 Å². The molecule has 1 aliphatic rings. The van der Waals surface area contributed by atoms with E-state index >= 15 is 0 Å². The summed E-state index contributed by atoms with van der Waals surface area (Å²) in [4.78, 5) is 14.0. The molecular formula is C16H24N2O2. The number of nitrogens with zero attached hydrogens (tertiary/aromatic N) is 2. The number of allylic oxidation sites excluding steroid dienone is 1. The van der Waals surface area contributed by atoms with E-state index in [-0.39, 0.29) is 11.2 Å². The Labute approximate surface area is 120 Å². The van der Waals surface area contributed by atoms with Gasteiger partial charge in [-0.15, -0.1) is 6.58 Å². The lowest BCUT2D eigenvalue weighted by Crippen LogP contribution is -2.34. The highest BCUT2D eigenvalue weighted by molar-refractivity contribution is 5.20. The molecule has 0 atom stereocenters. The second-order valence-electron chi connectivity index (χ2n) is 5.66. The molecule has 1 aromatic heterocycles. The zero-order valence-electron chi connectivity index (χ0n) is 12.2. The van der Waals surface area contributed by atoms with Gasteiger partial charge in [-0.2, -0.15) is 0 Å². The highest BCUT2D eigenvalue weighted by atomic mass is 16.3. The van der Waals surface area contributed by atoms with Crippen LogP contribution in [0.4, 0.5) is 0 Å². The van der Waals surface area contributed by atoms with E-state index in [1.165, 1.54) is 44.4 Å². The molecule has 0 bridgehead atoms. The lowest BCUT2D eigenvalue weighted by Gasteiger charge is -2.31. The first kappa shape index (κ1) is 14.9. The van der Waals surface area contributed by atoms with Crippen molar-refractivity contribution >= 4 is 0 Å². The maximum absolute atomic E-state index is 11.6. The third-order valence-electron chi connectivity index (χ3n) is 4.13. The summed E-state index contributed by atoms with van der Waals surface area (Å²) in [6, 6.07) is 2.14. The monoisotopic (exact) mass is 276 g/mol. The fourth-order valence-corrected chi connectivity index (χ4v) is 2.95. The minimum absolute atomic E-state index is 0.198. The van der Waals surface area contributed by atoms with E-state index in [1.807, 2.05) is 4.57 Å². The Morgan fingerprint density at radius 1 is 1.45 bits per heavy atom. The molecule has 0 amide bonds. The summed E-state index contributed by atoms with van der Waals surface area (Å²) in [5.41, 5.74) is 0.623. The molecule has 0 spiro atoms. The first-order chi connectivity index (χ1) is 9.61. The molecule has 4 nitrogen and oxygen atoms in total. The number of hydrogen-bond acceptors (Lipinski definition) is 3. The molecule has 0 aliphatic heterocycles. The molecule has 1 heterocycles. The third-order valence-corrected chi connectivity index (χ3v) is 4.13. The molecule has 0 unspecified atom stereocenters. The zero-order chi connectivity index (χ0) is 14.5. The fraction of sp³-hybridized carbons (Fsp3) is 0.562. The molecule has 1 fully saturated rings. The summed E-state index contributed by atoms with van der Waals surface area (Å²) in [6.07, 6.45) is 9.68. The molecule has 0 aromatic carbocycles. The molecule has 2 rings (SSSR count). The van der Waals surface area contributed by atoms with Gasteiger partial charge in [-0.25, -0.2) is 0 Å². The minimum atomic E-state index is -0.308. The van der Waals surface area contributed by atoms with Crippen LogP contribution in [-0.4, -0.2) is 27.7 Å². The Bertz CT molecular complexity index is 516. The van der Waals surface area contributed by atoms with Crippen LogP contribution < -0.4 is 5.43 Å². The van der Waals surface area contributed by atoms with Gasteiger partial charge in [0.1, 0.15) is 0 Å². The lowest BCUT2D eigenvalue weighted by atomic mass is 9.94. The van der Waals surface area contributed by atoms with Gasteiger partial charge in [0.05, 0.1) is 6.20 Å². The number of rotatable bonds is 5. The van der Waals surface area contributed by atoms with E-state index in [9.17, 15) is 9.90 Å². The van der Waals surface area contributed by atoms with Crippen LogP contribution in [0.1, 0.15) is 37.8 Å². The molecule has 1 aliphatic carbocycles. The van der Waals surface area contributed by atoms with Gasteiger partial charge >= 0.3 is 0 Å². The number of hydrogen-bond donors (Lipinski definition) is 1. The van der Waals surface area contributed by atoms with Gasteiger partial charge < -0.3 is 9.67 Å². The molecule has 110 valence electrons. The van der Waals surface area contributed by atoms with Gasteiger partial charge in [0.25, 0.3) is 0 Å². The highest BCUT2D eigenvalue weighted by Crippen LogP contribution is 2.22. The average Bonchev–Trinajstić information content (AvgIpc) is 2.45. The Hall–Kier alpha value is -1.55. The number of aromatic nitrogens is 1. The van der Waals surface area contributed by atoms with Crippen LogP contribution in [0.3, 0.4) is 0 Å². The van der Waals surface area contributed by atoms with Crippen molar-refractivity contribution in [2.45, 2.75) is 51.2 Å². The Morgan fingerprint density at radius 2 is 2.15 bits per heavy atom. The molecule has 4 heteroatoms. The highest BCUT2D eigenvalue weighted by Gasteiger charge is 2.19. The molecule has 1 N–H and O–H groups in total. The first-order valence-corrected chi connectivity index (χ1v) is 7.35. The molecule has 20 heavy (non-hydrogen) atoms. The van der Waals surface area contributed by atoms with Crippen LogP contribution in [0.2, 0.25) is 0 Å². The second kappa shape index (κ2) is 6.75. The van der Waals surface area contributed by atoms with E-state index in [4.69, 9.17) is 0 Å². The van der Waals surface area contributed by atoms with Crippen molar-refractivity contribution in [2.75, 3.05) is 7.05 Å². The molecular weight excluding hydrogens is 252 g/mol. The average molecular weight is 276 g/mol. The summed E-state index contributed by atoms with van der Waals surface area (Å²) in [5.74, 6) is -0.198. The quantitative estimate of drug-likeness (QED) is 0.840. The topological polar surface area (TPSA) is 45.5 Å². The Morgan fingerprint density at radius 3 is 2.80 bits per heavy atom. The van der Waals surface area contributed by atoms with Gasteiger partial charge in [0.2, 0.25) is 5.43 Å². The Kier molecular flexibility index (Phi) is 5.01. The van der Waals surface area contributed by atoms with Crippen molar-refractivity contribution in [1.29, 1.82) is 0 Å². The third kappa shape index (κ3) is 3.51. The van der Waals surface area contributed by atoms with Crippen molar-refractivity contribution < 1.29 is 5.11 Å². The van der Waals surface area contributed by atoms with Crippen LogP contribution in [0.15, 0.2) is 29.7 Å². The summed E-state index contributed by atoms with van der Waals surface area (Å²) in [6.45, 7) is 5.05. The lowest BCUT2D eigenvalue weighted by molar-refractivity contribution is 0.180. The summed E-state index contributed by atoms with van der Waals surface area (Å²) >= 11 is 0. The van der Waals surface area contributed by atoms with Crippen molar-refractivity contribution in [1.82, 2.24) is 9.47 Å². The number of pyridine rings is 1. The molecule has 0 saturated heterocycles. The smallest absolute Gasteiger partial charge is 0.223 e. The van der Waals surface area contributed by atoms with Gasteiger partial charge in [-0.1, -0.05) is 25.3 Å². The van der Waals surface area contributed by atoms with Crippen molar-refractivity contribution in [3.8, 4) is 5.75 Å². The maximum Gasteiger partial charge on any atom is 0.223 e. The van der Waals surface area contributed by atoms with Crippen molar-refractivity contribution in [3.63, 3.8) is 0 Å². The predicted molar refractivity (Wildman–Crippen MR) is 80.9 cm³/mol. The Balaban J connectivity index is 2.16. The van der Waals surface area contributed by atoms with Gasteiger partial charge in [-0.3, -0.25) is 9.69 Å². The molecule has 1 aromatic rings. The summed E-state index contributed by atoms with van der Waals surface area (Å²) < 4.78 is 1.89. The van der Waals surface area contributed by atoms with Gasteiger partial charge in [-0.05, 0) is 19.9 Å². The summed E-state index contributed by atoms with van der Waals surface area (Å²) in [7, 11) is 2.12. The SMILES string of the molecule is C=CCn1cc(O)c(=O)cc1CN(C)C1CCCCC1. The first-order valence-electron chi connectivity index (χ1n) is 7.35. The van der Waals surface area contributed by atoms with E-state index in [1.54, 1.807) is 6.08 Å². The van der Waals surface area contributed by atoms with Crippen molar-refractivity contribution in [3.05, 3.63) is 40.8 Å². The fourth-order valence-electron chi connectivity index (χ4n) is 2.95. The van der Waals surface area contributed by atoms with Gasteiger partial charge in [0.15, 0.2) is 5.75 Å². The van der Waals surface area contributed by atoms with Crippen LogP contribution in [-0.2, 0) is 13.1 Å². The van der Waals surface area contributed by atoms with Crippen molar-refractivity contribution in [2.24, 2.45) is 0 Å². The normalized spacial score (nSPS) is 16.5. The van der Waals surface area contributed by atoms with E-state index in [2.05, 4.69) is 18.5 Å². The van der Waals surface area contributed by atoms with E-state index < -0.39 is 0 Å². The number of aromatic hydroxyl groups is 1. The standard InChI is InChI=1S/C16H24N2O2/c1-3-9-18-12-16(20)15(19)10-14(18)11-17(2)13-7-5-4-6-8-13/h3,10,12-13,20H,1,4-9,11H2,2H3. The molecule has 0 radical (unpaired) electrons. The second-order valence-corrected chi connectivity index (χ2v) is 5.66. The van der Waals surface area contributed by atoms with E-state index in [0.29, 0.717) is 12.6 Å². The van der Waals surface area contributed by atoms with Gasteiger partial charge in [0, 0.05) is 30.9 Å². The molecule has 1 saturated carbocycles. The van der Waals surface area contributed by atoms with Crippen LogP contribution in [0.5, 0.6) is 5.75 Å². The predicted octanol–water partition coefficient (Wildman–Crippen LogP) is 2.50.